The van der Waals surface area contributed by atoms with Crippen LogP contribution in [0, 0.1) is 12.8 Å². The van der Waals surface area contributed by atoms with Crippen LogP contribution in [0.5, 0.6) is 5.75 Å². The van der Waals surface area contributed by atoms with E-state index in [4.69, 9.17) is 4.74 Å². The Kier molecular flexibility index (Phi) is 6.81. The van der Waals surface area contributed by atoms with E-state index in [1.807, 2.05) is 43.3 Å². The summed E-state index contributed by atoms with van der Waals surface area (Å²) in [6.45, 7) is 1.74. The molecular formula is C30H25N3O5S2. The van der Waals surface area contributed by atoms with E-state index < -0.39 is 17.1 Å². The molecule has 0 aliphatic carbocycles. The molecule has 3 amide bonds. The van der Waals surface area contributed by atoms with Gasteiger partial charge in [-0.25, -0.2) is 4.90 Å². The average Bonchev–Trinajstić information content (AvgIpc) is 3.40. The number of nitrogens with zero attached hydrogens (tertiary/aromatic N) is 2. The molecule has 1 fully saturated rings. The monoisotopic (exact) mass is 571 g/mol. The Morgan fingerprint density at radius 1 is 0.925 bits per heavy atom. The minimum atomic E-state index is -0.768. The number of hydrogen-bond acceptors (Lipinski definition) is 7. The van der Waals surface area contributed by atoms with E-state index in [2.05, 4.69) is 5.32 Å². The molecule has 1 aromatic heterocycles. The van der Waals surface area contributed by atoms with Crippen molar-refractivity contribution < 1.29 is 19.1 Å². The number of thiazole rings is 1. The maximum atomic E-state index is 13.9. The van der Waals surface area contributed by atoms with Crippen LogP contribution < -0.4 is 19.8 Å². The lowest BCUT2D eigenvalue weighted by Crippen LogP contribution is -2.33. The minimum absolute atomic E-state index is 0.216. The molecule has 40 heavy (non-hydrogen) atoms. The number of fused-ring (bicyclic) bond motifs is 2. The molecule has 0 spiro atoms. The molecule has 1 N–H and O–H groups in total. The van der Waals surface area contributed by atoms with Crippen molar-refractivity contribution in [1.82, 2.24) is 4.57 Å². The Hall–Kier alpha value is -4.15. The van der Waals surface area contributed by atoms with Gasteiger partial charge in [-0.05, 0) is 37.3 Å². The number of carbonyl (C=O) groups is 3. The Labute approximate surface area is 238 Å². The number of benzene rings is 3. The summed E-state index contributed by atoms with van der Waals surface area (Å²) in [5.41, 5.74) is 2.91. The summed E-state index contributed by atoms with van der Waals surface area (Å²) in [5.74, 6) is -1.79. The van der Waals surface area contributed by atoms with Crippen LogP contribution in [0.2, 0.25) is 0 Å². The quantitative estimate of drug-likeness (QED) is 0.338. The van der Waals surface area contributed by atoms with Gasteiger partial charge in [0.1, 0.15) is 17.5 Å². The van der Waals surface area contributed by atoms with E-state index in [0.717, 1.165) is 22.5 Å². The van der Waals surface area contributed by atoms with Crippen LogP contribution in [-0.2, 0) is 20.9 Å². The molecule has 1 saturated heterocycles. The van der Waals surface area contributed by atoms with Crippen molar-refractivity contribution in [3.05, 3.63) is 105 Å². The summed E-state index contributed by atoms with van der Waals surface area (Å²) in [6, 6.07) is 23.6. The number of thioether (sulfide) groups is 1. The smallest absolute Gasteiger partial charge is 0.308 e. The predicted octanol–water partition coefficient (Wildman–Crippen LogP) is 4.66. The molecule has 10 heteroatoms. The second-order valence-corrected chi connectivity index (χ2v) is 11.8. The third-order valence-corrected chi connectivity index (χ3v) is 9.78. The van der Waals surface area contributed by atoms with E-state index in [1.165, 1.54) is 21.2 Å². The zero-order valence-corrected chi connectivity index (χ0v) is 23.3. The lowest BCUT2D eigenvalue weighted by Gasteiger charge is -2.31. The number of methoxy groups -OCH3 is 1. The first-order valence-corrected chi connectivity index (χ1v) is 14.4. The van der Waals surface area contributed by atoms with Crippen LogP contribution in [0.25, 0.3) is 0 Å². The summed E-state index contributed by atoms with van der Waals surface area (Å²) in [4.78, 5) is 55.6. The highest BCUT2D eigenvalue weighted by Gasteiger charge is 2.57. The number of aryl methyl sites for hydroxylation is 1. The van der Waals surface area contributed by atoms with Gasteiger partial charge < -0.3 is 10.1 Å². The molecule has 3 heterocycles. The maximum Gasteiger partial charge on any atom is 0.308 e. The number of hydrogen-bond donors (Lipinski definition) is 1. The standard InChI is InChI=1S/C30H25N3O5S2/c1-17-12-14-18(15-13-17)31-22(34)16-32-29-26(40-30(32)37)23(20-10-6-7-11-21(20)38-2)24-25(39-29)28(36)33(27(24)35)19-8-4-3-5-9-19/h3-15,23-25H,16H2,1-2H3,(H,31,34)/t23-,24-,25+/m0/s1. The maximum absolute atomic E-state index is 13.9. The zero-order valence-electron chi connectivity index (χ0n) is 21.7. The zero-order chi connectivity index (χ0) is 28.0. The van der Waals surface area contributed by atoms with Gasteiger partial charge in [-0.3, -0.25) is 23.7 Å². The predicted molar refractivity (Wildman–Crippen MR) is 155 cm³/mol. The minimum Gasteiger partial charge on any atom is -0.496 e. The number of carbonyl (C=O) groups excluding carboxylic acids is 3. The van der Waals surface area contributed by atoms with Crippen molar-refractivity contribution in [2.75, 3.05) is 17.3 Å². The summed E-state index contributed by atoms with van der Waals surface area (Å²) in [6.07, 6.45) is 0. The van der Waals surface area contributed by atoms with Crippen LogP contribution in [0.3, 0.4) is 0 Å². The fraction of sp³-hybridized carbons (Fsp3) is 0.200. The first-order chi connectivity index (χ1) is 19.4. The van der Waals surface area contributed by atoms with Crippen LogP contribution >= 0.6 is 23.1 Å². The first-order valence-electron chi connectivity index (χ1n) is 12.7. The van der Waals surface area contributed by atoms with Gasteiger partial charge in [0, 0.05) is 22.0 Å². The van der Waals surface area contributed by atoms with Crippen molar-refractivity contribution in [2.45, 2.75) is 29.7 Å². The van der Waals surface area contributed by atoms with Gasteiger partial charge in [-0.2, -0.15) is 0 Å². The van der Waals surface area contributed by atoms with Crippen molar-refractivity contribution in [3.8, 4) is 5.75 Å². The number of imide groups is 1. The van der Waals surface area contributed by atoms with E-state index >= 15 is 0 Å². The van der Waals surface area contributed by atoms with Gasteiger partial charge in [-0.1, -0.05) is 77.2 Å². The Bertz CT molecular complexity index is 1680. The van der Waals surface area contributed by atoms with Crippen LogP contribution in [0.1, 0.15) is 21.9 Å². The molecule has 0 radical (unpaired) electrons. The van der Waals surface area contributed by atoms with Crippen LogP contribution in [0.4, 0.5) is 11.4 Å². The fourth-order valence-electron chi connectivity index (χ4n) is 5.33. The lowest BCUT2D eigenvalue weighted by molar-refractivity contribution is -0.122. The largest absolute Gasteiger partial charge is 0.496 e. The number of para-hydroxylation sites is 2. The molecule has 2 aliphatic rings. The lowest BCUT2D eigenvalue weighted by atomic mass is 9.82. The normalized spacial score (nSPS) is 19.8. The average molecular weight is 572 g/mol. The molecule has 0 bridgehead atoms. The highest BCUT2D eigenvalue weighted by atomic mass is 32.2. The third-order valence-electron chi connectivity index (χ3n) is 7.17. The number of amides is 3. The van der Waals surface area contributed by atoms with Gasteiger partial charge >= 0.3 is 4.87 Å². The van der Waals surface area contributed by atoms with E-state index in [1.54, 1.807) is 49.6 Å². The number of aromatic nitrogens is 1. The fourth-order valence-corrected chi connectivity index (χ4v) is 8.09. The SMILES string of the molecule is COc1ccccc1[C@@H]1c2sc(=O)n(CC(=O)Nc3ccc(C)cc3)c2S[C@H]2C(=O)N(c3ccccc3)C(=O)[C@@H]12. The number of anilines is 2. The van der Waals surface area contributed by atoms with Crippen molar-refractivity contribution in [1.29, 1.82) is 0 Å². The summed E-state index contributed by atoms with van der Waals surface area (Å²) < 4.78 is 7.06. The molecule has 6 rings (SSSR count). The van der Waals surface area contributed by atoms with Gasteiger partial charge in [0.2, 0.25) is 17.7 Å². The summed E-state index contributed by atoms with van der Waals surface area (Å²) >= 11 is 2.20. The van der Waals surface area contributed by atoms with Gasteiger partial charge in [0.15, 0.2) is 0 Å². The van der Waals surface area contributed by atoms with Gasteiger partial charge in [-0.15, -0.1) is 0 Å². The topological polar surface area (TPSA) is 97.7 Å². The van der Waals surface area contributed by atoms with Gasteiger partial charge in [0.05, 0.1) is 23.7 Å². The Morgan fingerprint density at radius 2 is 1.62 bits per heavy atom. The van der Waals surface area contributed by atoms with Crippen LogP contribution in [0.15, 0.2) is 88.7 Å². The Morgan fingerprint density at radius 3 is 2.35 bits per heavy atom. The number of nitrogens with one attached hydrogen (secondary N) is 1. The molecule has 0 unspecified atom stereocenters. The van der Waals surface area contributed by atoms with Crippen molar-refractivity contribution in [2.24, 2.45) is 5.92 Å². The molecule has 202 valence electrons. The molecule has 2 aliphatic heterocycles. The number of rotatable bonds is 6. The summed E-state index contributed by atoms with van der Waals surface area (Å²) in [5, 5.41) is 2.60. The van der Waals surface area contributed by atoms with Crippen LogP contribution in [-0.4, -0.2) is 34.6 Å². The molecule has 8 nitrogen and oxygen atoms in total. The number of ether oxygens (including phenoxy) is 1. The molecular weight excluding hydrogens is 546 g/mol. The first kappa shape index (κ1) is 26.1. The highest BCUT2D eigenvalue weighted by molar-refractivity contribution is 8.00. The highest BCUT2D eigenvalue weighted by Crippen LogP contribution is 2.55. The molecule has 3 atom stereocenters. The van der Waals surface area contributed by atoms with E-state index in [0.29, 0.717) is 27.0 Å². The van der Waals surface area contributed by atoms with Crippen molar-refractivity contribution >= 4 is 52.2 Å². The summed E-state index contributed by atoms with van der Waals surface area (Å²) in [7, 11) is 1.55. The molecule has 4 aromatic rings. The van der Waals surface area contributed by atoms with Crippen molar-refractivity contribution in [3.63, 3.8) is 0 Å². The Balaban J connectivity index is 1.43. The van der Waals surface area contributed by atoms with E-state index in [-0.39, 0.29) is 29.1 Å². The molecule has 0 saturated carbocycles. The second-order valence-electron chi connectivity index (χ2n) is 9.67. The third kappa shape index (κ3) is 4.43. The van der Waals surface area contributed by atoms with E-state index in [9.17, 15) is 19.2 Å². The van der Waals surface area contributed by atoms with Gasteiger partial charge in [0.25, 0.3) is 0 Å². The molecule has 3 aromatic carbocycles. The second kappa shape index (κ2) is 10.4.